The smallest absolute Gasteiger partial charge is 0.125 e. The van der Waals surface area contributed by atoms with Gasteiger partial charge in [0.25, 0.3) is 0 Å². The van der Waals surface area contributed by atoms with Gasteiger partial charge in [0.1, 0.15) is 5.75 Å². The van der Waals surface area contributed by atoms with Gasteiger partial charge in [-0.2, -0.15) is 11.8 Å². The van der Waals surface area contributed by atoms with Gasteiger partial charge in [-0.1, -0.05) is 32.0 Å². The van der Waals surface area contributed by atoms with Gasteiger partial charge < -0.3 is 9.84 Å². The first-order valence-electron chi connectivity index (χ1n) is 6.59. The molecule has 1 N–H and O–H groups in total. The third-order valence-corrected chi connectivity index (χ3v) is 4.16. The highest BCUT2D eigenvalue weighted by molar-refractivity contribution is 7.99. The molecule has 0 amide bonds. The maximum atomic E-state index is 10.3. The van der Waals surface area contributed by atoms with Crippen molar-refractivity contribution < 1.29 is 9.84 Å². The lowest BCUT2D eigenvalue weighted by Gasteiger charge is -2.19. The van der Waals surface area contributed by atoms with Crippen LogP contribution in [0.5, 0.6) is 5.75 Å². The van der Waals surface area contributed by atoms with Crippen molar-refractivity contribution in [2.45, 2.75) is 51.6 Å². The molecular weight excluding hydrogens is 244 g/mol. The summed E-state index contributed by atoms with van der Waals surface area (Å²) in [5.74, 6) is 1.51. The Labute approximate surface area is 115 Å². The molecule has 0 bridgehead atoms. The molecule has 2 nitrogen and oxygen atoms in total. The summed E-state index contributed by atoms with van der Waals surface area (Å²) in [5, 5.41) is 10.8. The van der Waals surface area contributed by atoms with E-state index in [4.69, 9.17) is 4.74 Å². The Kier molecular flexibility index (Phi) is 6.58. The van der Waals surface area contributed by atoms with E-state index in [-0.39, 0.29) is 6.10 Å². The Balaban J connectivity index is 2.69. The largest absolute Gasteiger partial charge is 0.491 e. The number of para-hydroxylation sites is 1. The van der Waals surface area contributed by atoms with E-state index in [1.807, 2.05) is 38.1 Å². The fourth-order valence-corrected chi connectivity index (χ4v) is 2.51. The average Bonchev–Trinajstić information content (AvgIpc) is 2.35. The van der Waals surface area contributed by atoms with Crippen molar-refractivity contribution >= 4 is 11.8 Å². The lowest BCUT2D eigenvalue weighted by atomic mass is 10.1. The van der Waals surface area contributed by atoms with Gasteiger partial charge in [0.05, 0.1) is 12.2 Å². The van der Waals surface area contributed by atoms with Crippen LogP contribution < -0.4 is 4.74 Å². The molecule has 0 heterocycles. The number of aliphatic hydroxyl groups excluding tert-OH is 1. The van der Waals surface area contributed by atoms with Crippen molar-refractivity contribution in [2.24, 2.45) is 0 Å². The molecule has 2 atom stereocenters. The quantitative estimate of drug-likeness (QED) is 0.809. The van der Waals surface area contributed by atoms with Crippen molar-refractivity contribution in [1.29, 1.82) is 0 Å². The van der Waals surface area contributed by atoms with Crippen molar-refractivity contribution in [1.82, 2.24) is 0 Å². The van der Waals surface area contributed by atoms with Gasteiger partial charge in [0.2, 0.25) is 0 Å². The van der Waals surface area contributed by atoms with Crippen LogP contribution in [0.15, 0.2) is 24.3 Å². The molecule has 1 rings (SSSR count). The van der Waals surface area contributed by atoms with E-state index in [2.05, 4.69) is 13.8 Å². The predicted molar refractivity (Wildman–Crippen MR) is 79.4 cm³/mol. The van der Waals surface area contributed by atoms with Gasteiger partial charge >= 0.3 is 0 Å². The molecule has 0 aliphatic heterocycles. The highest BCUT2D eigenvalue weighted by Gasteiger charge is 2.15. The second kappa shape index (κ2) is 7.70. The van der Waals surface area contributed by atoms with Gasteiger partial charge in [-0.3, -0.25) is 0 Å². The fraction of sp³-hybridized carbons (Fsp3) is 0.600. The van der Waals surface area contributed by atoms with Crippen molar-refractivity contribution in [3.63, 3.8) is 0 Å². The van der Waals surface area contributed by atoms with Crippen molar-refractivity contribution in [3.05, 3.63) is 29.8 Å². The van der Waals surface area contributed by atoms with Gasteiger partial charge in [-0.25, -0.2) is 0 Å². The molecule has 0 saturated carbocycles. The van der Waals surface area contributed by atoms with E-state index in [1.165, 1.54) is 0 Å². The third-order valence-electron chi connectivity index (χ3n) is 2.75. The molecule has 0 radical (unpaired) electrons. The summed E-state index contributed by atoms with van der Waals surface area (Å²) in [6.45, 7) is 8.35. The first-order valence-corrected chi connectivity index (χ1v) is 7.64. The van der Waals surface area contributed by atoms with Crippen LogP contribution in [0.25, 0.3) is 0 Å². The number of hydrogen-bond donors (Lipinski definition) is 1. The van der Waals surface area contributed by atoms with E-state index in [0.717, 1.165) is 17.7 Å². The van der Waals surface area contributed by atoms with E-state index >= 15 is 0 Å². The molecule has 0 aromatic heterocycles. The molecule has 3 heteroatoms. The zero-order valence-corrected chi connectivity index (χ0v) is 12.5. The standard InChI is InChI=1S/C15H24O2S/c1-5-12(4)18-10-14(16)13-8-6-7-9-15(13)17-11(2)3/h6-9,11-12,14,16H,5,10H2,1-4H3. The van der Waals surface area contributed by atoms with Crippen LogP contribution in [0, 0.1) is 0 Å². The molecule has 18 heavy (non-hydrogen) atoms. The van der Waals surface area contributed by atoms with E-state index in [0.29, 0.717) is 11.0 Å². The van der Waals surface area contributed by atoms with Crippen LogP contribution in [0.4, 0.5) is 0 Å². The Hall–Kier alpha value is -0.670. The number of rotatable bonds is 7. The Morgan fingerprint density at radius 3 is 2.50 bits per heavy atom. The molecule has 0 aliphatic rings. The summed E-state index contributed by atoms with van der Waals surface area (Å²) in [4.78, 5) is 0. The molecular formula is C15H24O2S. The predicted octanol–water partition coefficient (Wildman–Crippen LogP) is 4.04. The second-order valence-corrected chi connectivity index (χ2v) is 6.24. The Bertz CT molecular complexity index is 352. The number of benzene rings is 1. The zero-order chi connectivity index (χ0) is 13.5. The van der Waals surface area contributed by atoms with Crippen LogP contribution in [0.1, 0.15) is 45.8 Å². The highest BCUT2D eigenvalue weighted by Crippen LogP contribution is 2.29. The molecule has 0 aliphatic carbocycles. The first kappa shape index (κ1) is 15.4. The summed E-state index contributed by atoms with van der Waals surface area (Å²) < 4.78 is 5.73. The number of hydrogen-bond acceptors (Lipinski definition) is 3. The lowest BCUT2D eigenvalue weighted by molar-refractivity contribution is 0.186. The summed E-state index contributed by atoms with van der Waals surface area (Å²) >= 11 is 1.80. The minimum atomic E-state index is -0.459. The monoisotopic (exact) mass is 268 g/mol. The normalized spacial score (nSPS) is 14.6. The molecule has 0 fully saturated rings. The lowest BCUT2D eigenvalue weighted by Crippen LogP contribution is -2.11. The Morgan fingerprint density at radius 2 is 1.89 bits per heavy atom. The van der Waals surface area contributed by atoms with Crippen LogP contribution in [-0.4, -0.2) is 22.2 Å². The van der Waals surface area contributed by atoms with E-state index < -0.39 is 6.10 Å². The minimum absolute atomic E-state index is 0.126. The van der Waals surface area contributed by atoms with Crippen LogP contribution in [0.3, 0.4) is 0 Å². The van der Waals surface area contributed by atoms with Gasteiger partial charge in [-0.15, -0.1) is 0 Å². The number of aliphatic hydroxyl groups is 1. The van der Waals surface area contributed by atoms with E-state index in [1.54, 1.807) is 11.8 Å². The molecule has 0 saturated heterocycles. The number of thioether (sulfide) groups is 1. The van der Waals surface area contributed by atoms with E-state index in [9.17, 15) is 5.11 Å². The maximum absolute atomic E-state index is 10.3. The number of ether oxygens (including phenoxy) is 1. The van der Waals surface area contributed by atoms with Crippen LogP contribution in [-0.2, 0) is 0 Å². The molecule has 0 spiro atoms. The van der Waals surface area contributed by atoms with Crippen LogP contribution >= 0.6 is 11.8 Å². The summed E-state index contributed by atoms with van der Waals surface area (Å²) in [5.41, 5.74) is 0.891. The van der Waals surface area contributed by atoms with Gasteiger partial charge in [-0.05, 0) is 26.3 Å². The van der Waals surface area contributed by atoms with Gasteiger partial charge in [0.15, 0.2) is 0 Å². The maximum Gasteiger partial charge on any atom is 0.125 e. The molecule has 2 unspecified atom stereocenters. The third kappa shape index (κ3) is 4.91. The zero-order valence-electron chi connectivity index (χ0n) is 11.7. The van der Waals surface area contributed by atoms with Gasteiger partial charge in [0, 0.05) is 16.6 Å². The highest BCUT2D eigenvalue weighted by atomic mass is 32.2. The fourth-order valence-electron chi connectivity index (χ4n) is 1.58. The Morgan fingerprint density at radius 1 is 1.22 bits per heavy atom. The molecule has 1 aromatic rings. The molecule has 1 aromatic carbocycles. The van der Waals surface area contributed by atoms with Crippen molar-refractivity contribution in [2.75, 3.05) is 5.75 Å². The molecule has 102 valence electrons. The topological polar surface area (TPSA) is 29.5 Å². The second-order valence-electron chi connectivity index (χ2n) is 4.77. The summed E-state index contributed by atoms with van der Waals surface area (Å²) in [7, 11) is 0. The minimum Gasteiger partial charge on any atom is -0.491 e. The summed E-state index contributed by atoms with van der Waals surface area (Å²) in [6, 6.07) is 7.75. The first-order chi connectivity index (χ1) is 8.54. The van der Waals surface area contributed by atoms with Crippen LogP contribution in [0.2, 0.25) is 0 Å². The SMILES string of the molecule is CCC(C)SCC(O)c1ccccc1OC(C)C. The average molecular weight is 268 g/mol. The van der Waals surface area contributed by atoms with Crippen molar-refractivity contribution in [3.8, 4) is 5.75 Å². The summed E-state index contributed by atoms with van der Waals surface area (Å²) in [6.07, 6.45) is 0.793.